The second-order valence-corrected chi connectivity index (χ2v) is 6.91. The average Bonchev–Trinajstić information content (AvgIpc) is 2.69. The maximum absolute atomic E-state index is 12.4. The molecule has 1 aromatic carbocycles. The number of ether oxygens (including phenoxy) is 1. The second-order valence-electron chi connectivity index (χ2n) is 6.91. The third-order valence-electron chi connectivity index (χ3n) is 4.39. The molecule has 1 aliphatic heterocycles. The van der Waals surface area contributed by atoms with Crippen LogP contribution in [0.1, 0.15) is 31.1 Å². The van der Waals surface area contributed by atoms with Crippen LogP contribution in [0.2, 0.25) is 0 Å². The Hall–Kier alpha value is -3.16. The molecule has 1 N–H and O–H groups in total. The van der Waals surface area contributed by atoms with Crippen LogP contribution in [0.25, 0.3) is 0 Å². The number of carbonyl (C=O) groups excluding carboxylic acids is 2. The van der Waals surface area contributed by atoms with Gasteiger partial charge in [0.15, 0.2) is 0 Å². The molecule has 1 saturated heterocycles. The first kappa shape index (κ1) is 19.6. The van der Waals surface area contributed by atoms with Gasteiger partial charge in [0.2, 0.25) is 11.9 Å². The van der Waals surface area contributed by atoms with Gasteiger partial charge in [-0.25, -0.2) is 9.97 Å². The number of hydrogen-bond donors (Lipinski definition) is 1. The van der Waals surface area contributed by atoms with Gasteiger partial charge in [-0.05, 0) is 38.1 Å². The molecule has 0 saturated carbocycles. The van der Waals surface area contributed by atoms with Crippen LogP contribution in [0.3, 0.4) is 0 Å². The van der Waals surface area contributed by atoms with Crippen molar-refractivity contribution >= 4 is 23.5 Å². The summed E-state index contributed by atoms with van der Waals surface area (Å²) in [6.45, 7) is 8.15. The van der Waals surface area contributed by atoms with Crippen molar-refractivity contribution in [2.24, 2.45) is 0 Å². The standard InChI is InChI=1S/C20H25N5O3/c1-14(2)28-18-6-4-17(5-7-18)23-19(27)16-12-21-20(22-13-16)25-10-8-24(9-11-25)15(3)26/h4-7,12-14H,8-11H2,1-3H3,(H,23,27). The number of aromatic nitrogens is 2. The summed E-state index contributed by atoms with van der Waals surface area (Å²) in [7, 11) is 0. The summed E-state index contributed by atoms with van der Waals surface area (Å²) in [5.41, 5.74) is 1.05. The van der Waals surface area contributed by atoms with Crippen LogP contribution in [0.15, 0.2) is 36.7 Å². The molecule has 148 valence electrons. The van der Waals surface area contributed by atoms with Crippen molar-refractivity contribution in [3.63, 3.8) is 0 Å². The molecule has 0 radical (unpaired) electrons. The molecule has 0 spiro atoms. The molecule has 2 aromatic rings. The maximum atomic E-state index is 12.4. The average molecular weight is 383 g/mol. The van der Waals surface area contributed by atoms with Crippen molar-refractivity contribution in [3.8, 4) is 5.75 Å². The molecule has 0 unspecified atom stereocenters. The first-order valence-electron chi connectivity index (χ1n) is 9.33. The zero-order chi connectivity index (χ0) is 20.1. The van der Waals surface area contributed by atoms with Crippen molar-refractivity contribution in [1.82, 2.24) is 14.9 Å². The van der Waals surface area contributed by atoms with E-state index < -0.39 is 0 Å². The van der Waals surface area contributed by atoms with Crippen molar-refractivity contribution < 1.29 is 14.3 Å². The van der Waals surface area contributed by atoms with Gasteiger partial charge in [-0.15, -0.1) is 0 Å². The van der Waals surface area contributed by atoms with E-state index in [4.69, 9.17) is 4.74 Å². The third kappa shape index (κ3) is 4.97. The van der Waals surface area contributed by atoms with Gasteiger partial charge in [0.25, 0.3) is 5.91 Å². The summed E-state index contributed by atoms with van der Waals surface area (Å²) < 4.78 is 5.59. The first-order valence-corrected chi connectivity index (χ1v) is 9.33. The largest absolute Gasteiger partial charge is 0.491 e. The highest BCUT2D eigenvalue weighted by atomic mass is 16.5. The van der Waals surface area contributed by atoms with Crippen molar-refractivity contribution in [3.05, 3.63) is 42.2 Å². The van der Waals surface area contributed by atoms with Crippen LogP contribution in [-0.4, -0.2) is 59.0 Å². The molecule has 28 heavy (non-hydrogen) atoms. The lowest BCUT2D eigenvalue weighted by molar-refractivity contribution is -0.129. The number of benzene rings is 1. The zero-order valence-electron chi connectivity index (χ0n) is 16.4. The Balaban J connectivity index is 1.57. The molecule has 0 atom stereocenters. The van der Waals surface area contributed by atoms with Gasteiger partial charge in [0.05, 0.1) is 11.7 Å². The van der Waals surface area contributed by atoms with E-state index in [0.29, 0.717) is 43.4 Å². The van der Waals surface area contributed by atoms with Crippen LogP contribution in [0.5, 0.6) is 5.75 Å². The fourth-order valence-corrected chi connectivity index (χ4v) is 2.92. The van der Waals surface area contributed by atoms with Crippen LogP contribution in [-0.2, 0) is 4.79 Å². The molecule has 8 nitrogen and oxygen atoms in total. The smallest absolute Gasteiger partial charge is 0.258 e. The number of anilines is 2. The van der Waals surface area contributed by atoms with Gasteiger partial charge >= 0.3 is 0 Å². The van der Waals surface area contributed by atoms with Gasteiger partial charge in [0.1, 0.15) is 5.75 Å². The number of hydrogen-bond acceptors (Lipinski definition) is 6. The number of rotatable bonds is 5. The fourth-order valence-electron chi connectivity index (χ4n) is 2.92. The molecule has 3 rings (SSSR count). The summed E-state index contributed by atoms with van der Waals surface area (Å²) in [5.74, 6) is 1.13. The lowest BCUT2D eigenvalue weighted by Gasteiger charge is -2.34. The number of nitrogens with zero attached hydrogens (tertiary/aromatic N) is 4. The Morgan fingerprint density at radius 3 is 2.18 bits per heavy atom. The molecule has 2 amide bonds. The zero-order valence-corrected chi connectivity index (χ0v) is 16.4. The predicted molar refractivity (Wildman–Crippen MR) is 107 cm³/mol. The summed E-state index contributed by atoms with van der Waals surface area (Å²) in [6, 6.07) is 7.21. The molecule has 0 bridgehead atoms. The number of piperazine rings is 1. The molecule has 1 aliphatic rings. The van der Waals surface area contributed by atoms with Crippen molar-refractivity contribution in [1.29, 1.82) is 0 Å². The molecule has 2 heterocycles. The minimum atomic E-state index is -0.273. The van der Waals surface area contributed by atoms with Gasteiger partial charge in [-0.3, -0.25) is 9.59 Å². The highest BCUT2D eigenvalue weighted by Crippen LogP contribution is 2.18. The fraction of sp³-hybridized carbons (Fsp3) is 0.400. The topological polar surface area (TPSA) is 87.7 Å². The SMILES string of the molecule is CC(=O)N1CCN(c2ncc(C(=O)Nc3ccc(OC(C)C)cc3)cn2)CC1. The Bertz CT molecular complexity index is 813. The lowest BCUT2D eigenvalue weighted by Crippen LogP contribution is -2.48. The molecule has 1 fully saturated rings. The summed E-state index contributed by atoms with van der Waals surface area (Å²) in [6.07, 6.45) is 3.14. The number of carbonyl (C=O) groups is 2. The van der Waals surface area contributed by atoms with E-state index in [9.17, 15) is 9.59 Å². The van der Waals surface area contributed by atoms with E-state index in [1.165, 1.54) is 12.4 Å². The predicted octanol–water partition coefficient (Wildman–Crippen LogP) is 2.18. The minimum Gasteiger partial charge on any atom is -0.491 e. The Kier molecular flexibility index (Phi) is 6.08. The van der Waals surface area contributed by atoms with E-state index in [1.807, 2.05) is 30.9 Å². The van der Waals surface area contributed by atoms with E-state index in [1.54, 1.807) is 24.0 Å². The molecule has 8 heteroatoms. The summed E-state index contributed by atoms with van der Waals surface area (Å²) in [5, 5.41) is 2.82. The van der Waals surface area contributed by atoms with E-state index in [2.05, 4.69) is 15.3 Å². The van der Waals surface area contributed by atoms with E-state index in [0.717, 1.165) is 5.75 Å². The monoisotopic (exact) mass is 383 g/mol. The van der Waals surface area contributed by atoms with Gasteiger partial charge in [0, 0.05) is 51.2 Å². The second kappa shape index (κ2) is 8.69. The summed E-state index contributed by atoms with van der Waals surface area (Å²) in [4.78, 5) is 36.2. The molecule has 0 aliphatic carbocycles. The maximum Gasteiger partial charge on any atom is 0.258 e. The molecular formula is C20H25N5O3. The van der Waals surface area contributed by atoms with Crippen molar-refractivity contribution in [2.75, 3.05) is 36.4 Å². The first-order chi connectivity index (χ1) is 13.4. The van der Waals surface area contributed by atoms with E-state index in [-0.39, 0.29) is 17.9 Å². The third-order valence-corrected chi connectivity index (χ3v) is 4.39. The minimum absolute atomic E-state index is 0.0800. The van der Waals surface area contributed by atoms with Gasteiger partial charge in [-0.1, -0.05) is 0 Å². The van der Waals surface area contributed by atoms with Gasteiger partial charge in [-0.2, -0.15) is 0 Å². The highest BCUT2D eigenvalue weighted by Gasteiger charge is 2.20. The van der Waals surface area contributed by atoms with Crippen LogP contribution in [0, 0.1) is 0 Å². The lowest BCUT2D eigenvalue weighted by atomic mass is 10.2. The molecular weight excluding hydrogens is 358 g/mol. The normalized spacial score (nSPS) is 14.1. The van der Waals surface area contributed by atoms with Crippen molar-refractivity contribution in [2.45, 2.75) is 26.9 Å². The Labute approximate surface area is 164 Å². The van der Waals surface area contributed by atoms with Gasteiger partial charge < -0.3 is 19.9 Å². The Morgan fingerprint density at radius 2 is 1.64 bits per heavy atom. The summed E-state index contributed by atoms with van der Waals surface area (Å²) >= 11 is 0. The van der Waals surface area contributed by atoms with E-state index >= 15 is 0 Å². The highest BCUT2D eigenvalue weighted by molar-refractivity contribution is 6.03. The quantitative estimate of drug-likeness (QED) is 0.852. The van der Waals surface area contributed by atoms with Crippen LogP contribution in [0.4, 0.5) is 11.6 Å². The number of amides is 2. The number of nitrogens with one attached hydrogen (secondary N) is 1. The molecule has 1 aromatic heterocycles. The Morgan fingerprint density at radius 1 is 1.04 bits per heavy atom. The van der Waals surface area contributed by atoms with Crippen LogP contribution >= 0.6 is 0 Å². The van der Waals surface area contributed by atoms with Crippen LogP contribution < -0.4 is 15.0 Å².